The van der Waals surface area contributed by atoms with Crippen LogP contribution in [0.3, 0.4) is 0 Å². The quantitative estimate of drug-likeness (QED) is 0.869. The van der Waals surface area contributed by atoms with E-state index in [0.717, 1.165) is 5.69 Å². The number of carboxylic acid groups (broad SMARTS) is 1. The second-order valence-electron chi connectivity index (χ2n) is 4.70. The number of carboxylic acids is 1. The number of amides is 2. The van der Waals surface area contributed by atoms with Crippen molar-refractivity contribution in [2.24, 2.45) is 0 Å². The Morgan fingerprint density at radius 1 is 1.58 bits per heavy atom. The average Bonchev–Trinajstić information content (AvgIpc) is 2.71. The molecule has 0 radical (unpaired) electrons. The fraction of sp³-hybridized carbons (Fsp3) is 0.583. The summed E-state index contributed by atoms with van der Waals surface area (Å²) in [5.74, 6) is -0.368. The lowest BCUT2D eigenvalue weighted by molar-refractivity contribution is -0.137. The van der Waals surface area contributed by atoms with E-state index in [-0.39, 0.29) is 19.0 Å². The minimum absolute atomic E-state index is 0.0604. The van der Waals surface area contributed by atoms with Crippen LogP contribution < -0.4 is 5.32 Å². The second-order valence-corrected chi connectivity index (χ2v) is 5.56. The molecule has 0 atom stereocenters. The molecule has 1 aliphatic rings. The smallest absolute Gasteiger partial charge is 0.323 e. The maximum atomic E-state index is 11.8. The number of aliphatic carboxylic acids is 1. The Bertz CT molecular complexity index is 471. The van der Waals surface area contributed by atoms with Crippen LogP contribution in [-0.2, 0) is 4.79 Å². The van der Waals surface area contributed by atoms with Crippen LogP contribution in [0.15, 0.2) is 5.38 Å². The molecule has 0 aliphatic heterocycles. The number of aromatic nitrogens is 1. The summed E-state index contributed by atoms with van der Waals surface area (Å²) in [4.78, 5) is 27.9. The Balaban J connectivity index is 1.83. The highest BCUT2D eigenvalue weighted by Crippen LogP contribution is 2.37. The van der Waals surface area contributed by atoms with Crippen molar-refractivity contribution < 1.29 is 14.7 Å². The van der Waals surface area contributed by atoms with Crippen molar-refractivity contribution in [2.45, 2.75) is 31.6 Å². The number of hydrogen-bond acceptors (Lipinski definition) is 4. The molecule has 2 amide bonds. The third-order valence-electron chi connectivity index (χ3n) is 3.27. The number of urea groups is 1. The normalized spacial score (nSPS) is 14.8. The van der Waals surface area contributed by atoms with Gasteiger partial charge in [-0.3, -0.25) is 10.1 Å². The number of nitrogens with zero attached hydrogens (tertiary/aromatic N) is 2. The Hall–Kier alpha value is -1.63. The first-order chi connectivity index (χ1) is 9.06. The Morgan fingerprint density at radius 3 is 2.89 bits per heavy atom. The van der Waals surface area contributed by atoms with Gasteiger partial charge in [0.1, 0.15) is 0 Å². The van der Waals surface area contributed by atoms with Gasteiger partial charge < -0.3 is 10.0 Å². The highest BCUT2D eigenvalue weighted by Gasteiger charge is 2.22. The third-order valence-corrected chi connectivity index (χ3v) is 4.04. The van der Waals surface area contributed by atoms with Gasteiger partial charge in [0.15, 0.2) is 5.13 Å². The highest BCUT2D eigenvalue weighted by molar-refractivity contribution is 7.13. The van der Waals surface area contributed by atoms with E-state index in [9.17, 15) is 9.59 Å². The van der Waals surface area contributed by atoms with Crippen molar-refractivity contribution in [1.29, 1.82) is 0 Å². The summed E-state index contributed by atoms with van der Waals surface area (Å²) < 4.78 is 0. The molecule has 0 saturated heterocycles. The molecule has 0 aromatic carbocycles. The molecule has 7 heteroatoms. The first-order valence-corrected chi connectivity index (χ1v) is 7.13. The van der Waals surface area contributed by atoms with Gasteiger partial charge in [-0.05, 0) is 12.8 Å². The molecular formula is C12H17N3O3S. The van der Waals surface area contributed by atoms with Gasteiger partial charge in [-0.15, -0.1) is 11.3 Å². The van der Waals surface area contributed by atoms with Gasteiger partial charge in [-0.1, -0.05) is 6.42 Å². The van der Waals surface area contributed by atoms with Gasteiger partial charge in [-0.2, -0.15) is 0 Å². The molecule has 104 valence electrons. The molecule has 0 unspecified atom stereocenters. The van der Waals surface area contributed by atoms with Crippen molar-refractivity contribution in [3.8, 4) is 0 Å². The number of nitrogens with one attached hydrogen (secondary N) is 1. The largest absolute Gasteiger partial charge is 0.481 e. The van der Waals surface area contributed by atoms with Crippen molar-refractivity contribution in [3.63, 3.8) is 0 Å². The van der Waals surface area contributed by atoms with Gasteiger partial charge in [-0.25, -0.2) is 9.78 Å². The topological polar surface area (TPSA) is 82.5 Å². The fourth-order valence-corrected chi connectivity index (χ4v) is 2.57. The molecule has 1 fully saturated rings. The summed E-state index contributed by atoms with van der Waals surface area (Å²) >= 11 is 1.41. The van der Waals surface area contributed by atoms with E-state index >= 15 is 0 Å². The third kappa shape index (κ3) is 3.66. The predicted octanol–water partition coefficient (Wildman–Crippen LogP) is 2.35. The molecule has 1 heterocycles. The van der Waals surface area contributed by atoms with E-state index in [1.807, 2.05) is 5.38 Å². The number of anilines is 1. The number of hydrogen-bond donors (Lipinski definition) is 2. The van der Waals surface area contributed by atoms with Crippen LogP contribution in [0.5, 0.6) is 0 Å². The Labute approximate surface area is 115 Å². The van der Waals surface area contributed by atoms with Crippen molar-refractivity contribution in [3.05, 3.63) is 11.1 Å². The van der Waals surface area contributed by atoms with Gasteiger partial charge >= 0.3 is 12.0 Å². The van der Waals surface area contributed by atoms with Crippen molar-refractivity contribution in [2.75, 3.05) is 18.9 Å². The average molecular weight is 283 g/mol. The van der Waals surface area contributed by atoms with E-state index in [1.165, 1.54) is 35.5 Å². The van der Waals surface area contributed by atoms with Gasteiger partial charge in [0.05, 0.1) is 12.1 Å². The summed E-state index contributed by atoms with van der Waals surface area (Å²) in [6, 6.07) is -0.323. The van der Waals surface area contributed by atoms with Crippen LogP contribution in [0.25, 0.3) is 0 Å². The minimum atomic E-state index is -0.916. The zero-order valence-electron chi connectivity index (χ0n) is 10.8. The zero-order valence-corrected chi connectivity index (χ0v) is 11.6. The van der Waals surface area contributed by atoms with Gasteiger partial charge in [0.2, 0.25) is 0 Å². The predicted molar refractivity (Wildman–Crippen MR) is 72.6 cm³/mol. The van der Waals surface area contributed by atoms with E-state index in [2.05, 4.69) is 10.3 Å². The molecule has 1 saturated carbocycles. The Morgan fingerprint density at radius 2 is 2.32 bits per heavy atom. The van der Waals surface area contributed by atoms with Gasteiger partial charge in [0, 0.05) is 24.9 Å². The van der Waals surface area contributed by atoms with E-state index in [4.69, 9.17) is 5.11 Å². The maximum absolute atomic E-state index is 11.8. The Kier molecular flexibility index (Phi) is 4.36. The van der Waals surface area contributed by atoms with E-state index < -0.39 is 5.97 Å². The highest BCUT2D eigenvalue weighted by atomic mass is 32.1. The van der Waals surface area contributed by atoms with Crippen molar-refractivity contribution >= 4 is 28.5 Å². The molecule has 2 rings (SSSR count). The van der Waals surface area contributed by atoms with Crippen LogP contribution in [-0.4, -0.2) is 40.6 Å². The van der Waals surface area contributed by atoms with Crippen LogP contribution in [0.4, 0.5) is 9.93 Å². The molecule has 2 N–H and O–H groups in total. The molecule has 1 aromatic rings. The number of carbonyl (C=O) groups is 2. The maximum Gasteiger partial charge on any atom is 0.323 e. The number of rotatable bonds is 5. The molecule has 1 aliphatic carbocycles. The van der Waals surface area contributed by atoms with Crippen LogP contribution in [0.2, 0.25) is 0 Å². The summed E-state index contributed by atoms with van der Waals surface area (Å²) in [6.45, 7) is 0.183. The molecular weight excluding hydrogens is 266 g/mol. The fourth-order valence-electron chi connectivity index (χ4n) is 1.79. The summed E-state index contributed by atoms with van der Waals surface area (Å²) in [5, 5.41) is 13.8. The van der Waals surface area contributed by atoms with Gasteiger partial charge in [0.25, 0.3) is 0 Å². The minimum Gasteiger partial charge on any atom is -0.481 e. The summed E-state index contributed by atoms with van der Waals surface area (Å²) in [7, 11) is 1.57. The molecule has 6 nitrogen and oxygen atoms in total. The molecule has 1 aromatic heterocycles. The van der Waals surface area contributed by atoms with Crippen LogP contribution in [0.1, 0.15) is 37.3 Å². The van der Waals surface area contributed by atoms with E-state index in [1.54, 1.807) is 7.05 Å². The zero-order chi connectivity index (χ0) is 13.8. The number of thiazole rings is 1. The molecule has 19 heavy (non-hydrogen) atoms. The lowest BCUT2D eigenvalue weighted by Gasteiger charge is -2.23. The van der Waals surface area contributed by atoms with Crippen LogP contribution in [0, 0.1) is 0 Å². The molecule has 0 spiro atoms. The molecule has 0 bridgehead atoms. The monoisotopic (exact) mass is 283 g/mol. The number of carbonyl (C=O) groups excluding carboxylic acids is 1. The SMILES string of the molecule is CN(CCC(=O)O)C(=O)Nc1nc(C2CCC2)cs1. The van der Waals surface area contributed by atoms with E-state index in [0.29, 0.717) is 11.0 Å². The summed E-state index contributed by atoms with van der Waals surface area (Å²) in [6.07, 6.45) is 3.54. The summed E-state index contributed by atoms with van der Waals surface area (Å²) in [5.41, 5.74) is 1.06. The van der Waals surface area contributed by atoms with Crippen LogP contribution >= 0.6 is 11.3 Å². The van der Waals surface area contributed by atoms with Crippen molar-refractivity contribution in [1.82, 2.24) is 9.88 Å². The lowest BCUT2D eigenvalue weighted by atomic mass is 9.83. The lowest BCUT2D eigenvalue weighted by Crippen LogP contribution is -2.33. The first kappa shape index (κ1) is 13.8. The second kappa shape index (κ2) is 6.01. The first-order valence-electron chi connectivity index (χ1n) is 6.25. The standard InChI is InChI=1S/C12H17N3O3S/c1-15(6-5-10(16)17)12(18)14-11-13-9(7-19-11)8-3-2-4-8/h7-8H,2-6H2,1H3,(H,16,17)(H,13,14,18).